The van der Waals surface area contributed by atoms with Gasteiger partial charge in [-0.15, -0.1) is 0 Å². The fourth-order valence-corrected chi connectivity index (χ4v) is 7.02. The maximum Gasteiger partial charge on any atom is 0.264 e. The van der Waals surface area contributed by atoms with Gasteiger partial charge in [0.1, 0.15) is 12.6 Å². The SMILES string of the molecule is CC[C@@H](C)NC(=O)[C@@H](Cc1ccccc1)N(Cc1cccc(Br)c1)C(=O)CN(c1cc(Cl)ccc1C)S(=O)(=O)c1ccccc1. The molecule has 0 fully saturated rings. The minimum Gasteiger partial charge on any atom is -0.352 e. The van der Waals surface area contributed by atoms with Crippen molar-refractivity contribution in [3.05, 3.63) is 129 Å². The molecule has 4 rings (SSSR count). The summed E-state index contributed by atoms with van der Waals surface area (Å²) in [6.07, 6.45) is 0.949. The molecule has 0 unspecified atom stereocenters. The molecule has 0 aliphatic rings. The van der Waals surface area contributed by atoms with Crippen molar-refractivity contribution >= 4 is 55.1 Å². The zero-order chi connectivity index (χ0) is 32.6. The molecule has 1 N–H and O–H groups in total. The Balaban J connectivity index is 1.83. The Bertz CT molecular complexity index is 1720. The Morgan fingerprint density at radius 2 is 1.53 bits per heavy atom. The third-order valence-corrected chi connectivity index (χ3v) is 10.1. The van der Waals surface area contributed by atoms with Crippen molar-refractivity contribution in [2.45, 2.75) is 57.1 Å². The number of aryl methyl sites for hydroxylation is 1. The number of amides is 2. The van der Waals surface area contributed by atoms with Crippen LogP contribution in [0.4, 0.5) is 5.69 Å². The molecule has 0 bridgehead atoms. The van der Waals surface area contributed by atoms with Crippen LogP contribution in [0, 0.1) is 6.92 Å². The fraction of sp³-hybridized carbons (Fsp3) is 0.257. The Hall–Kier alpha value is -3.66. The predicted molar refractivity (Wildman–Crippen MR) is 184 cm³/mol. The molecule has 10 heteroatoms. The highest BCUT2D eigenvalue weighted by molar-refractivity contribution is 9.10. The predicted octanol–water partition coefficient (Wildman–Crippen LogP) is 7.16. The first-order valence-corrected chi connectivity index (χ1v) is 17.3. The number of halogens is 2. The van der Waals surface area contributed by atoms with Crippen LogP contribution in [0.25, 0.3) is 0 Å². The first kappa shape index (κ1) is 34.2. The summed E-state index contributed by atoms with van der Waals surface area (Å²) in [5.74, 6) is -0.845. The first-order valence-electron chi connectivity index (χ1n) is 14.7. The monoisotopic (exact) mass is 709 g/mol. The average molecular weight is 711 g/mol. The van der Waals surface area contributed by atoms with Crippen LogP contribution < -0.4 is 9.62 Å². The van der Waals surface area contributed by atoms with Gasteiger partial charge in [-0.2, -0.15) is 0 Å². The Kier molecular flexibility index (Phi) is 11.8. The normalized spacial score (nSPS) is 12.6. The Morgan fingerprint density at radius 1 is 0.889 bits per heavy atom. The van der Waals surface area contributed by atoms with E-state index in [0.29, 0.717) is 17.0 Å². The molecule has 2 amide bonds. The number of hydrogen-bond donors (Lipinski definition) is 1. The second-order valence-electron chi connectivity index (χ2n) is 10.9. The minimum absolute atomic E-state index is 0.0334. The van der Waals surface area contributed by atoms with Gasteiger partial charge in [-0.1, -0.05) is 101 Å². The number of rotatable bonds is 13. The number of nitrogens with one attached hydrogen (secondary N) is 1. The van der Waals surface area contributed by atoms with Crippen molar-refractivity contribution in [2.75, 3.05) is 10.8 Å². The van der Waals surface area contributed by atoms with E-state index in [9.17, 15) is 18.0 Å². The molecular formula is C35H37BrClN3O4S. The summed E-state index contributed by atoms with van der Waals surface area (Å²) in [5.41, 5.74) is 2.56. The number of anilines is 1. The molecule has 0 aliphatic carbocycles. The highest BCUT2D eigenvalue weighted by Gasteiger charge is 2.35. The second-order valence-corrected chi connectivity index (χ2v) is 14.1. The molecule has 236 valence electrons. The van der Waals surface area contributed by atoms with E-state index in [1.165, 1.54) is 17.0 Å². The molecule has 2 atom stereocenters. The van der Waals surface area contributed by atoms with Crippen LogP contribution in [-0.4, -0.2) is 43.8 Å². The van der Waals surface area contributed by atoms with E-state index in [-0.39, 0.29) is 35.5 Å². The summed E-state index contributed by atoms with van der Waals surface area (Å²) in [6.45, 7) is 5.18. The van der Waals surface area contributed by atoms with E-state index in [1.807, 2.05) is 68.4 Å². The Labute approximate surface area is 279 Å². The molecule has 0 saturated carbocycles. The van der Waals surface area contributed by atoms with Gasteiger partial charge in [-0.3, -0.25) is 13.9 Å². The molecule has 0 heterocycles. The quantitative estimate of drug-likeness (QED) is 0.160. The summed E-state index contributed by atoms with van der Waals surface area (Å²) in [5, 5.41) is 3.38. The van der Waals surface area contributed by atoms with Crippen molar-refractivity contribution in [1.82, 2.24) is 10.2 Å². The molecule has 0 aliphatic heterocycles. The molecule has 4 aromatic carbocycles. The van der Waals surface area contributed by atoms with Crippen LogP contribution in [-0.2, 0) is 32.6 Å². The maximum absolute atomic E-state index is 14.6. The molecule has 0 aromatic heterocycles. The molecule has 0 spiro atoms. The third-order valence-electron chi connectivity index (χ3n) is 7.56. The maximum atomic E-state index is 14.6. The molecule has 7 nitrogen and oxygen atoms in total. The molecule has 0 radical (unpaired) electrons. The lowest BCUT2D eigenvalue weighted by Crippen LogP contribution is -2.54. The summed E-state index contributed by atoms with van der Waals surface area (Å²) in [4.78, 5) is 30.0. The standard InChI is InChI=1S/C35H37BrClN3O4S/c1-4-26(3)38-35(42)33(21-27-12-7-5-8-13-27)39(23-28-14-11-15-29(36)20-28)34(41)24-40(32-22-30(37)19-18-25(32)2)45(43,44)31-16-9-6-10-17-31/h5-20,22,26,33H,4,21,23-24H2,1-3H3,(H,38,42)/t26-,33-/m1/s1. The van der Waals surface area contributed by atoms with Crippen molar-refractivity contribution in [3.8, 4) is 0 Å². The summed E-state index contributed by atoms with van der Waals surface area (Å²) in [6, 6.07) is 28.8. The molecular weight excluding hydrogens is 674 g/mol. The van der Waals surface area contributed by atoms with Gasteiger partial charge in [0, 0.05) is 28.5 Å². The first-order chi connectivity index (χ1) is 21.5. The minimum atomic E-state index is -4.21. The van der Waals surface area contributed by atoms with E-state index in [1.54, 1.807) is 43.3 Å². The van der Waals surface area contributed by atoms with E-state index >= 15 is 0 Å². The lowest BCUT2D eigenvalue weighted by molar-refractivity contribution is -0.140. The number of sulfonamides is 1. The smallest absolute Gasteiger partial charge is 0.264 e. The summed E-state index contributed by atoms with van der Waals surface area (Å²) in [7, 11) is -4.21. The third kappa shape index (κ3) is 8.96. The van der Waals surface area contributed by atoms with Crippen molar-refractivity contribution in [3.63, 3.8) is 0 Å². The van der Waals surface area contributed by atoms with Gasteiger partial charge in [0.15, 0.2) is 0 Å². The van der Waals surface area contributed by atoms with E-state index in [2.05, 4.69) is 21.2 Å². The van der Waals surface area contributed by atoms with Crippen molar-refractivity contribution in [2.24, 2.45) is 0 Å². The van der Waals surface area contributed by atoms with E-state index in [4.69, 9.17) is 11.6 Å². The molecule has 45 heavy (non-hydrogen) atoms. The van der Waals surface area contributed by atoms with Gasteiger partial charge in [0.2, 0.25) is 11.8 Å². The van der Waals surface area contributed by atoms with E-state index in [0.717, 1.165) is 19.9 Å². The summed E-state index contributed by atoms with van der Waals surface area (Å²) < 4.78 is 30.2. The number of carbonyl (C=O) groups excluding carboxylic acids is 2. The van der Waals surface area contributed by atoms with Gasteiger partial charge in [0.05, 0.1) is 10.6 Å². The van der Waals surface area contributed by atoms with Gasteiger partial charge in [0.25, 0.3) is 10.0 Å². The highest BCUT2D eigenvalue weighted by atomic mass is 79.9. The van der Waals surface area contributed by atoms with Crippen LogP contribution in [0.2, 0.25) is 5.02 Å². The molecule has 0 saturated heterocycles. The van der Waals surface area contributed by atoms with Gasteiger partial charge >= 0.3 is 0 Å². The largest absolute Gasteiger partial charge is 0.352 e. The van der Waals surface area contributed by atoms with Crippen LogP contribution in [0.1, 0.15) is 37.0 Å². The number of hydrogen-bond acceptors (Lipinski definition) is 4. The van der Waals surface area contributed by atoms with Crippen LogP contribution in [0.15, 0.2) is 112 Å². The number of carbonyl (C=O) groups is 2. The van der Waals surface area contributed by atoms with Gasteiger partial charge in [-0.05, 0) is 73.4 Å². The number of benzene rings is 4. The topological polar surface area (TPSA) is 86.8 Å². The van der Waals surface area contributed by atoms with Gasteiger partial charge < -0.3 is 10.2 Å². The summed E-state index contributed by atoms with van der Waals surface area (Å²) >= 11 is 9.85. The molecule has 4 aromatic rings. The fourth-order valence-electron chi connectivity index (χ4n) is 4.91. The number of nitrogens with zero attached hydrogens (tertiary/aromatic N) is 2. The Morgan fingerprint density at radius 3 is 2.18 bits per heavy atom. The van der Waals surface area contributed by atoms with Crippen molar-refractivity contribution in [1.29, 1.82) is 0 Å². The zero-order valence-corrected chi connectivity index (χ0v) is 28.6. The zero-order valence-electron chi connectivity index (χ0n) is 25.5. The average Bonchev–Trinajstić information content (AvgIpc) is 3.03. The van der Waals surface area contributed by atoms with Gasteiger partial charge in [-0.25, -0.2) is 8.42 Å². The van der Waals surface area contributed by atoms with Crippen LogP contribution >= 0.6 is 27.5 Å². The van der Waals surface area contributed by atoms with Crippen molar-refractivity contribution < 1.29 is 18.0 Å². The lowest BCUT2D eigenvalue weighted by Gasteiger charge is -2.34. The highest BCUT2D eigenvalue weighted by Crippen LogP contribution is 2.30. The lowest BCUT2D eigenvalue weighted by atomic mass is 10.0. The second kappa shape index (κ2) is 15.6. The van der Waals surface area contributed by atoms with Crippen LogP contribution in [0.5, 0.6) is 0 Å². The van der Waals surface area contributed by atoms with Crippen LogP contribution in [0.3, 0.4) is 0 Å². The van der Waals surface area contributed by atoms with E-state index < -0.39 is 28.5 Å².